The number of carbonyl (C=O) groups excluding carboxylic acids is 1. The maximum Gasteiger partial charge on any atom is 0.534 e. The largest absolute Gasteiger partial charge is 0.534 e. The van der Waals surface area contributed by atoms with Crippen LogP contribution in [0.25, 0.3) is 0 Å². The first kappa shape index (κ1) is 18.5. The van der Waals surface area contributed by atoms with Crippen molar-refractivity contribution in [1.82, 2.24) is 0 Å². The summed E-state index contributed by atoms with van der Waals surface area (Å²) in [4.78, 5) is 11.8. The van der Waals surface area contributed by atoms with Gasteiger partial charge in [-0.2, -0.15) is 21.6 Å². The zero-order valence-electron chi connectivity index (χ0n) is 12.4. The van der Waals surface area contributed by atoms with Gasteiger partial charge in [0.15, 0.2) is 0 Å². The number of ether oxygens (including phenoxy) is 1. The number of carbonyl (C=O) groups is 1. The molecule has 0 saturated heterocycles. The lowest BCUT2D eigenvalue weighted by atomic mass is 9.73. The van der Waals surface area contributed by atoms with Gasteiger partial charge in [0, 0.05) is 5.57 Å². The van der Waals surface area contributed by atoms with Gasteiger partial charge in [-0.3, -0.25) is 0 Å². The molecule has 1 aliphatic rings. The van der Waals surface area contributed by atoms with E-state index in [1.165, 1.54) is 19.1 Å². The summed E-state index contributed by atoms with van der Waals surface area (Å²) >= 11 is 0. The van der Waals surface area contributed by atoms with Crippen LogP contribution < -0.4 is 0 Å². The number of alkyl halides is 3. The first-order chi connectivity index (χ1) is 9.99. The van der Waals surface area contributed by atoms with Gasteiger partial charge in [-0.15, -0.1) is 0 Å². The summed E-state index contributed by atoms with van der Waals surface area (Å²) < 4.78 is 68.9. The molecule has 5 nitrogen and oxygen atoms in total. The van der Waals surface area contributed by atoms with Gasteiger partial charge < -0.3 is 8.92 Å². The van der Waals surface area contributed by atoms with Crippen molar-refractivity contribution in [2.24, 2.45) is 5.41 Å². The predicted molar refractivity (Wildman–Crippen MR) is 71.9 cm³/mol. The summed E-state index contributed by atoms with van der Waals surface area (Å²) in [5, 5.41) is 0. The highest BCUT2D eigenvalue weighted by molar-refractivity contribution is 7.87. The number of allylic oxidation sites excluding steroid dienone is 3. The van der Waals surface area contributed by atoms with Crippen LogP contribution in [0.5, 0.6) is 0 Å². The van der Waals surface area contributed by atoms with Crippen molar-refractivity contribution in [3.63, 3.8) is 0 Å². The highest BCUT2D eigenvalue weighted by atomic mass is 32.2. The molecule has 126 valence electrons. The zero-order chi connectivity index (χ0) is 17.2. The quantitative estimate of drug-likeness (QED) is 0.436. The van der Waals surface area contributed by atoms with E-state index >= 15 is 0 Å². The van der Waals surface area contributed by atoms with Crippen LogP contribution in [-0.4, -0.2) is 27.0 Å². The minimum Gasteiger partial charge on any atom is -0.466 e. The van der Waals surface area contributed by atoms with Crippen LogP contribution in [0.4, 0.5) is 13.2 Å². The average molecular weight is 342 g/mol. The standard InChI is InChI=1S/C13H17F3O5S/c1-4-8-12(2)9(11(17)20-3)6-5-7-10(12)21-22(18,19)13(14,15)16/h6-7H,4-5,8H2,1-3H3. The third-order valence-corrected chi connectivity index (χ3v) is 4.37. The molecule has 22 heavy (non-hydrogen) atoms. The Hall–Kier alpha value is -1.51. The molecule has 0 bridgehead atoms. The molecule has 0 heterocycles. The van der Waals surface area contributed by atoms with Crippen LogP contribution in [0, 0.1) is 5.41 Å². The van der Waals surface area contributed by atoms with Crippen molar-refractivity contribution in [3.05, 3.63) is 23.5 Å². The fourth-order valence-electron chi connectivity index (χ4n) is 2.33. The van der Waals surface area contributed by atoms with Gasteiger partial charge in [0.2, 0.25) is 0 Å². The Balaban J connectivity index is 3.25. The average Bonchev–Trinajstić information content (AvgIpc) is 2.39. The second-order valence-corrected chi connectivity index (χ2v) is 6.52. The van der Waals surface area contributed by atoms with Gasteiger partial charge in [0.05, 0.1) is 12.5 Å². The predicted octanol–water partition coefficient (Wildman–Crippen LogP) is 3.05. The summed E-state index contributed by atoms with van der Waals surface area (Å²) in [6.45, 7) is 3.21. The highest BCUT2D eigenvalue weighted by Crippen LogP contribution is 2.45. The Bertz CT molecular complexity index is 604. The fraction of sp³-hybridized carbons (Fsp3) is 0.615. The van der Waals surface area contributed by atoms with E-state index in [0.29, 0.717) is 6.42 Å². The lowest BCUT2D eigenvalue weighted by molar-refractivity contribution is -0.137. The molecule has 1 unspecified atom stereocenters. The Kier molecular flexibility index (Phi) is 5.32. The molecule has 9 heteroatoms. The number of hydrogen-bond donors (Lipinski definition) is 0. The summed E-state index contributed by atoms with van der Waals surface area (Å²) in [6.07, 6.45) is 3.52. The van der Waals surface area contributed by atoms with Crippen LogP contribution in [0.1, 0.15) is 33.1 Å². The topological polar surface area (TPSA) is 69.7 Å². The monoisotopic (exact) mass is 342 g/mol. The van der Waals surface area contributed by atoms with Crippen molar-refractivity contribution >= 4 is 16.1 Å². The zero-order valence-corrected chi connectivity index (χ0v) is 13.2. The van der Waals surface area contributed by atoms with Crippen LogP contribution in [0.3, 0.4) is 0 Å². The fourth-order valence-corrected chi connectivity index (χ4v) is 2.92. The molecule has 0 amide bonds. The summed E-state index contributed by atoms with van der Waals surface area (Å²) in [6, 6.07) is 0. The second kappa shape index (κ2) is 6.31. The van der Waals surface area contributed by atoms with E-state index < -0.39 is 32.8 Å². The maximum atomic E-state index is 12.5. The Morgan fingerprint density at radius 3 is 2.41 bits per heavy atom. The molecule has 1 atom stereocenters. The number of halogens is 3. The Morgan fingerprint density at radius 1 is 1.36 bits per heavy atom. The van der Waals surface area contributed by atoms with E-state index in [-0.39, 0.29) is 18.4 Å². The molecule has 0 spiro atoms. The lowest BCUT2D eigenvalue weighted by Gasteiger charge is -2.34. The molecule has 0 aromatic heterocycles. The van der Waals surface area contributed by atoms with Crippen LogP contribution >= 0.6 is 0 Å². The second-order valence-electron chi connectivity index (χ2n) is 4.98. The molecule has 1 aliphatic carbocycles. The molecular weight excluding hydrogens is 325 g/mol. The van der Waals surface area contributed by atoms with Crippen molar-refractivity contribution < 1.29 is 35.3 Å². The van der Waals surface area contributed by atoms with Gasteiger partial charge in [-0.25, -0.2) is 4.79 Å². The minimum atomic E-state index is -5.79. The van der Waals surface area contributed by atoms with E-state index in [2.05, 4.69) is 8.92 Å². The van der Waals surface area contributed by atoms with E-state index in [9.17, 15) is 26.4 Å². The maximum absolute atomic E-state index is 12.5. The lowest BCUT2D eigenvalue weighted by Crippen LogP contribution is -2.34. The molecular formula is C13H17F3O5S. The first-order valence-electron chi connectivity index (χ1n) is 6.50. The van der Waals surface area contributed by atoms with E-state index in [4.69, 9.17) is 0 Å². The summed E-state index contributed by atoms with van der Waals surface area (Å²) in [5.41, 5.74) is -6.74. The Morgan fingerprint density at radius 2 is 1.95 bits per heavy atom. The molecule has 0 N–H and O–H groups in total. The smallest absolute Gasteiger partial charge is 0.466 e. The molecule has 0 aliphatic heterocycles. The van der Waals surface area contributed by atoms with Gasteiger partial charge in [-0.05, 0) is 25.8 Å². The van der Waals surface area contributed by atoms with Crippen molar-refractivity contribution in [1.29, 1.82) is 0 Å². The minimum absolute atomic E-state index is 0.0758. The molecule has 0 aromatic carbocycles. The van der Waals surface area contributed by atoms with Crippen LogP contribution in [0.15, 0.2) is 23.5 Å². The Labute approximate surface area is 126 Å². The third-order valence-electron chi connectivity index (χ3n) is 3.40. The van der Waals surface area contributed by atoms with Crippen LogP contribution in [0.2, 0.25) is 0 Å². The number of esters is 1. The van der Waals surface area contributed by atoms with Crippen molar-refractivity contribution in [3.8, 4) is 0 Å². The summed E-state index contributed by atoms with van der Waals surface area (Å²) in [5.74, 6) is -1.14. The van der Waals surface area contributed by atoms with Crippen LogP contribution in [-0.2, 0) is 23.8 Å². The van der Waals surface area contributed by atoms with E-state index in [1.54, 1.807) is 6.92 Å². The SMILES string of the molecule is CCCC1(C)C(OS(=O)(=O)C(F)(F)F)=CCC=C1C(=O)OC. The van der Waals surface area contributed by atoms with Gasteiger partial charge >= 0.3 is 21.6 Å². The van der Waals surface area contributed by atoms with E-state index in [0.717, 1.165) is 7.11 Å². The first-order valence-corrected chi connectivity index (χ1v) is 7.90. The summed E-state index contributed by atoms with van der Waals surface area (Å²) in [7, 11) is -4.65. The number of methoxy groups -OCH3 is 1. The molecule has 0 aromatic rings. The van der Waals surface area contributed by atoms with Gasteiger partial charge in [0.1, 0.15) is 5.76 Å². The highest BCUT2D eigenvalue weighted by Gasteiger charge is 2.51. The molecule has 1 rings (SSSR count). The van der Waals surface area contributed by atoms with Gasteiger partial charge in [0.25, 0.3) is 0 Å². The van der Waals surface area contributed by atoms with Crippen molar-refractivity contribution in [2.75, 3.05) is 7.11 Å². The third kappa shape index (κ3) is 3.45. The van der Waals surface area contributed by atoms with E-state index in [1.807, 2.05) is 0 Å². The molecule has 0 radical (unpaired) electrons. The van der Waals surface area contributed by atoms with Crippen molar-refractivity contribution in [2.45, 2.75) is 38.6 Å². The molecule has 0 fully saturated rings. The number of hydrogen-bond acceptors (Lipinski definition) is 5. The van der Waals surface area contributed by atoms with Gasteiger partial charge in [-0.1, -0.05) is 19.4 Å². The number of rotatable bonds is 5. The molecule has 0 saturated carbocycles. The normalized spacial score (nSPS) is 22.6.